The van der Waals surface area contributed by atoms with Crippen LogP contribution < -0.4 is 0 Å². The summed E-state index contributed by atoms with van der Waals surface area (Å²) in [7, 11) is 0. The van der Waals surface area contributed by atoms with Crippen molar-refractivity contribution >= 4 is 32.7 Å². The molecule has 0 saturated heterocycles. The van der Waals surface area contributed by atoms with Crippen molar-refractivity contribution in [2.75, 3.05) is 0 Å². The summed E-state index contributed by atoms with van der Waals surface area (Å²) in [6.07, 6.45) is 9.29. The van der Waals surface area contributed by atoms with Gasteiger partial charge < -0.3 is 4.57 Å². The van der Waals surface area contributed by atoms with E-state index in [0.29, 0.717) is 0 Å². The third-order valence-electron chi connectivity index (χ3n) is 10.2. The zero-order valence-electron chi connectivity index (χ0n) is 28.8. The maximum Gasteiger partial charge on any atom is 0.0802 e. The summed E-state index contributed by atoms with van der Waals surface area (Å²) in [5.41, 5.74) is 16.0. The second-order valence-corrected chi connectivity index (χ2v) is 13.4. The minimum atomic E-state index is 1.01. The predicted molar refractivity (Wildman–Crippen MR) is 219 cm³/mol. The van der Waals surface area contributed by atoms with Crippen LogP contribution in [0.4, 0.5) is 0 Å². The number of pyridine rings is 3. The van der Waals surface area contributed by atoms with Crippen molar-refractivity contribution in [3.63, 3.8) is 0 Å². The highest BCUT2D eigenvalue weighted by molar-refractivity contribution is 6.20. The molecule has 0 N–H and O–H groups in total. The molecule has 0 aliphatic rings. The van der Waals surface area contributed by atoms with E-state index >= 15 is 0 Å². The lowest BCUT2D eigenvalue weighted by molar-refractivity contribution is 1.18. The Kier molecular flexibility index (Phi) is 7.43. The highest BCUT2D eigenvalue weighted by Gasteiger charge is 2.17. The number of aromatic nitrogens is 4. The SMILES string of the molecule is c1ccc(-n2c3ccc(-c4cc(-c5cccc(-c6ccncc6)c5)cc(-c5cccc(-c6ccncc6)c5)c4)cc3c3c4ncccc4ccc32)cc1. The first-order chi connectivity index (χ1) is 26.3. The van der Waals surface area contributed by atoms with E-state index in [9.17, 15) is 0 Å². The van der Waals surface area contributed by atoms with Gasteiger partial charge in [-0.2, -0.15) is 0 Å². The molecule has 0 fully saturated rings. The van der Waals surface area contributed by atoms with Crippen LogP contribution in [0.5, 0.6) is 0 Å². The maximum atomic E-state index is 4.92. The van der Waals surface area contributed by atoms with Crippen molar-refractivity contribution < 1.29 is 0 Å². The van der Waals surface area contributed by atoms with E-state index in [4.69, 9.17) is 4.98 Å². The van der Waals surface area contributed by atoms with Crippen molar-refractivity contribution in [1.29, 1.82) is 0 Å². The molecule has 4 heteroatoms. The maximum absolute atomic E-state index is 4.92. The van der Waals surface area contributed by atoms with E-state index < -0.39 is 0 Å². The van der Waals surface area contributed by atoms with Crippen LogP contribution in [-0.4, -0.2) is 19.5 Å². The number of hydrogen-bond acceptors (Lipinski definition) is 3. The van der Waals surface area contributed by atoms with Crippen LogP contribution in [0.3, 0.4) is 0 Å². The average Bonchev–Trinajstić information content (AvgIpc) is 3.59. The fourth-order valence-corrected chi connectivity index (χ4v) is 7.66. The highest BCUT2D eigenvalue weighted by atomic mass is 15.0. The summed E-state index contributed by atoms with van der Waals surface area (Å²) in [6.45, 7) is 0. The Labute approximate surface area is 307 Å². The third kappa shape index (κ3) is 5.54. The van der Waals surface area contributed by atoms with Crippen molar-refractivity contribution in [1.82, 2.24) is 19.5 Å². The molecule has 10 aromatic rings. The summed E-state index contributed by atoms with van der Waals surface area (Å²) in [5.74, 6) is 0. The number of rotatable bonds is 6. The van der Waals surface area contributed by atoms with Crippen LogP contribution >= 0.6 is 0 Å². The van der Waals surface area contributed by atoms with E-state index in [0.717, 1.165) is 88.6 Å². The molecule has 0 amide bonds. The van der Waals surface area contributed by atoms with Crippen molar-refractivity contribution in [3.8, 4) is 61.3 Å². The molecule has 0 atom stereocenters. The molecule has 0 unspecified atom stereocenters. The van der Waals surface area contributed by atoms with E-state index in [1.807, 2.05) is 37.1 Å². The first-order valence-corrected chi connectivity index (χ1v) is 17.8. The first kappa shape index (κ1) is 30.6. The van der Waals surface area contributed by atoms with Crippen LogP contribution in [0.15, 0.2) is 195 Å². The van der Waals surface area contributed by atoms with Gasteiger partial charge in [0.1, 0.15) is 0 Å². The fourth-order valence-electron chi connectivity index (χ4n) is 7.66. The van der Waals surface area contributed by atoms with Gasteiger partial charge in [0.05, 0.1) is 16.6 Å². The van der Waals surface area contributed by atoms with Gasteiger partial charge in [0.15, 0.2) is 0 Å². The van der Waals surface area contributed by atoms with Gasteiger partial charge in [0.2, 0.25) is 0 Å². The standard InChI is InChI=1S/C49H32N4/c1-2-12-44(13-3-1)53-46-16-15-40(32-45(46)48-47(53)17-14-35-11-6-22-52-49(35)48)43-30-41(38-9-4-7-36(27-38)33-18-23-50-24-19-33)29-42(31-43)39-10-5-8-37(28-39)34-20-25-51-26-21-34/h1-32H. The number of nitrogens with zero attached hydrogens (tertiary/aromatic N) is 4. The quantitative estimate of drug-likeness (QED) is 0.176. The molecule has 4 nitrogen and oxygen atoms in total. The van der Waals surface area contributed by atoms with Gasteiger partial charge in [-0.05, 0) is 147 Å². The summed E-state index contributed by atoms with van der Waals surface area (Å²) in [6, 6.07) is 58.9. The summed E-state index contributed by atoms with van der Waals surface area (Å²) < 4.78 is 2.36. The topological polar surface area (TPSA) is 43.6 Å². The molecule has 4 aromatic heterocycles. The summed E-state index contributed by atoms with van der Waals surface area (Å²) >= 11 is 0. The van der Waals surface area contributed by atoms with Crippen LogP contribution in [0.25, 0.3) is 94.0 Å². The molecular weight excluding hydrogens is 645 g/mol. The second-order valence-electron chi connectivity index (χ2n) is 13.4. The van der Waals surface area contributed by atoms with Crippen LogP contribution in [0.2, 0.25) is 0 Å². The van der Waals surface area contributed by atoms with Gasteiger partial charge in [-0.3, -0.25) is 15.0 Å². The minimum Gasteiger partial charge on any atom is -0.309 e. The molecule has 0 saturated carbocycles. The van der Waals surface area contributed by atoms with Crippen LogP contribution in [-0.2, 0) is 0 Å². The normalized spacial score (nSPS) is 11.4. The van der Waals surface area contributed by atoms with Crippen LogP contribution in [0, 0.1) is 0 Å². The Hall–Kier alpha value is -7.17. The highest BCUT2D eigenvalue weighted by Crippen LogP contribution is 2.40. The lowest BCUT2D eigenvalue weighted by atomic mass is 9.91. The van der Waals surface area contributed by atoms with Gasteiger partial charge >= 0.3 is 0 Å². The van der Waals surface area contributed by atoms with E-state index in [-0.39, 0.29) is 0 Å². The molecule has 0 aliphatic heterocycles. The van der Waals surface area contributed by atoms with E-state index in [1.165, 1.54) is 5.39 Å². The third-order valence-corrected chi connectivity index (χ3v) is 10.2. The van der Waals surface area contributed by atoms with Gasteiger partial charge in [0, 0.05) is 52.8 Å². The molecule has 6 aromatic carbocycles. The first-order valence-electron chi connectivity index (χ1n) is 17.8. The van der Waals surface area contributed by atoms with Gasteiger partial charge in [0.25, 0.3) is 0 Å². The average molecular weight is 677 g/mol. The van der Waals surface area contributed by atoms with Crippen molar-refractivity contribution in [3.05, 3.63) is 195 Å². The molecule has 0 bridgehead atoms. The monoisotopic (exact) mass is 676 g/mol. The Balaban J connectivity index is 1.20. The number of fused-ring (bicyclic) bond motifs is 5. The van der Waals surface area contributed by atoms with Gasteiger partial charge in [-0.1, -0.05) is 72.8 Å². The predicted octanol–water partition coefficient (Wildman–Crippen LogP) is 12.5. The molecule has 0 radical (unpaired) electrons. The molecule has 248 valence electrons. The molecule has 53 heavy (non-hydrogen) atoms. The second kappa shape index (κ2) is 12.9. The largest absolute Gasteiger partial charge is 0.309 e. The number of para-hydroxylation sites is 1. The lowest BCUT2D eigenvalue weighted by Crippen LogP contribution is -1.93. The zero-order chi connectivity index (χ0) is 35.1. The van der Waals surface area contributed by atoms with Gasteiger partial charge in [-0.15, -0.1) is 0 Å². The minimum absolute atomic E-state index is 1.01. The Morgan fingerprint density at radius 1 is 0.340 bits per heavy atom. The smallest absolute Gasteiger partial charge is 0.0802 e. The number of benzene rings is 6. The van der Waals surface area contributed by atoms with E-state index in [1.54, 1.807) is 0 Å². The summed E-state index contributed by atoms with van der Waals surface area (Å²) in [5, 5.41) is 3.47. The molecule has 4 heterocycles. The Morgan fingerprint density at radius 3 is 1.47 bits per heavy atom. The van der Waals surface area contributed by atoms with Crippen LogP contribution in [0.1, 0.15) is 0 Å². The Morgan fingerprint density at radius 2 is 0.868 bits per heavy atom. The molecular formula is C49H32N4. The van der Waals surface area contributed by atoms with Gasteiger partial charge in [-0.25, -0.2) is 0 Å². The van der Waals surface area contributed by atoms with Crippen molar-refractivity contribution in [2.24, 2.45) is 0 Å². The Bertz CT molecular complexity index is 2830. The number of hydrogen-bond donors (Lipinski definition) is 0. The zero-order valence-corrected chi connectivity index (χ0v) is 28.8. The molecule has 0 aliphatic carbocycles. The van der Waals surface area contributed by atoms with E-state index in [2.05, 4.69) is 172 Å². The summed E-state index contributed by atoms with van der Waals surface area (Å²) in [4.78, 5) is 13.4. The lowest BCUT2D eigenvalue weighted by Gasteiger charge is -2.14. The van der Waals surface area contributed by atoms with Crippen molar-refractivity contribution in [2.45, 2.75) is 0 Å². The molecule has 0 spiro atoms. The fraction of sp³-hybridized carbons (Fsp3) is 0. The molecule has 10 rings (SSSR count).